The highest BCUT2D eigenvalue weighted by Gasteiger charge is 2.64. The second kappa shape index (κ2) is 6.98. The molecule has 2 aliphatic rings. The lowest BCUT2D eigenvalue weighted by molar-refractivity contribution is -0.138. The van der Waals surface area contributed by atoms with Crippen LogP contribution in [0.5, 0.6) is 0 Å². The van der Waals surface area contributed by atoms with Gasteiger partial charge in [0.25, 0.3) is 0 Å². The lowest BCUT2D eigenvalue weighted by Crippen LogP contribution is -2.46. The molecular formula is C20H21BrN8O2. The number of aryl methyl sites for hydroxylation is 1. The Labute approximate surface area is 186 Å². The van der Waals surface area contributed by atoms with Gasteiger partial charge in [-0.25, -0.2) is 19.9 Å². The lowest BCUT2D eigenvalue weighted by atomic mass is 10.0. The Morgan fingerprint density at radius 1 is 1.29 bits per heavy atom. The highest BCUT2D eigenvalue weighted by atomic mass is 79.9. The smallest absolute Gasteiger partial charge is 0.248 e. The zero-order chi connectivity index (χ0) is 21.9. The Morgan fingerprint density at radius 2 is 2.10 bits per heavy atom. The van der Waals surface area contributed by atoms with Gasteiger partial charge in [-0.05, 0) is 52.7 Å². The average molecular weight is 485 g/mol. The third kappa shape index (κ3) is 3.32. The summed E-state index contributed by atoms with van der Waals surface area (Å²) in [7, 11) is 0. The molecule has 1 aliphatic carbocycles. The molecule has 1 saturated heterocycles. The first-order valence-corrected chi connectivity index (χ1v) is 10.7. The molecule has 1 aliphatic heterocycles. The number of carbonyl (C=O) groups is 2. The standard InChI is InChI=1S/C20H21BrN8O2/c1-10-3-4-13(21)26-17(10)27-19(31)11-5-20(2)6-12(20)29(11)14(30)7-28-9-25-15-16(22)23-8-24-18(15)28/h3-4,8-9,11-12H,5-7H2,1-2H3,(H2,22,23,24)(H,26,27,31)/t11-,12?,20-/m0/s1. The van der Waals surface area contributed by atoms with Crippen LogP contribution in [-0.2, 0) is 16.1 Å². The molecule has 10 nitrogen and oxygen atoms in total. The van der Waals surface area contributed by atoms with E-state index in [4.69, 9.17) is 5.73 Å². The van der Waals surface area contributed by atoms with E-state index in [-0.39, 0.29) is 35.6 Å². The summed E-state index contributed by atoms with van der Waals surface area (Å²) in [5, 5.41) is 2.90. The third-order valence-electron chi connectivity index (χ3n) is 6.27. The maximum atomic E-state index is 13.3. The number of imidazole rings is 1. The number of nitrogen functional groups attached to an aromatic ring is 1. The number of anilines is 2. The number of nitrogens with one attached hydrogen (secondary N) is 1. The molecule has 3 aromatic rings. The Kier molecular flexibility index (Phi) is 4.47. The second-order valence-corrected chi connectivity index (χ2v) is 9.30. The van der Waals surface area contributed by atoms with Gasteiger partial charge in [0.2, 0.25) is 11.8 Å². The normalized spacial score (nSPS) is 24.3. The average Bonchev–Trinajstić information content (AvgIpc) is 3.06. The van der Waals surface area contributed by atoms with Crippen molar-refractivity contribution in [1.82, 2.24) is 29.4 Å². The van der Waals surface area contributed by atoms with Crippen molar-refractivity contribution in [3.63, 3.8) is 0 Å². The molecule has 3 aromatic heterocycles. The van der Waals surface area contributed by atoms with E-state index in [1.807, 2.05) is 19.1 Å². The summed E-state index contributed by atoms with van der Waals surface area (Å²) in [6, 6.07) is 3.20. The molecule has 0 spiro atoms. The number of nitrogens with zero attached hydrogens (tertiary/aromatic N) is 6. The van der Waals surface area contributed by atoms with Gasteiger partial charge in [-0.1, -0.05) is 13.0 Å². The van der Waals surface area contributed by atoms with Crippen molar-refractivity contribution in [1.29, 1.82) is 0 Å². The predicted octanol–water partition coefficient (Wildman–Crippen LogP) is 1.89. The maximum absolute atomic E-state index is 13.3. The molecular weight excluding hydrogens is 464 g/mol. The predicted molar refractivity (Wildman–Crippen MR) is 117 cm³/mol. The minimum atomic E-state index is -0.550. The first kappa shape index (κ1) is 19.9. The molecule has 0 radical (unpaired) electrons. The van der Waals surface area contributed by atoms with Gasteiger partial charge in [-0.3, -0.25) is 9.59 Å². The van der Waals surface area contributed by atoms with Crippen LogP contribution in [0.3, 0.4) is 0 Å². The van der Waals surface area contributed by atoms with Crippen LogP contribution in [0.1, 0.15) is 25.3 Å². The highest BCUT2D eigenvalue weighted by molar-refractivity contribution is 9.10. The van der Waals surface area contributed by atoms with Crippen LogP contribution in [0.2, 0.25) is 0 Å². The summed E-state index contributed by atoms with van der Waals surface area (Å²) in [4.78, 5) is 44.9. The van der Waals surface area contributed by atoms with Crippen LogP contribution in [0.4, 0.5) is 11.6 Å². The number of fused-ring (bicyclic) bond motifs is 2. The minimum Gasteiger partial charge on any atom is -0.382 e. The van der Waals surface area contributed by atoms with Gasteiger partial charge in [-0.15, -0.1) is 0 Å². The molecule has 2 amide bonds. The third-order valence-corrected chi connectivity index (χ3v) is 6.71. The van der Waals surface area contributed by atoms with E-state index in [0.717, 1.165) is 12.0 Å². The summed E-state index contributed by atoms with van der Waals surface area (Å²) >= 11 is 3.33. The minimum absolute atomic E-state index is 0.0253. The second-order valence-electron chi connectivity index (χ2n) is 8.49. The summed E-state index contributed by atoms with van der Waals surface area (Å²) in [5.41, 5.74) is 7.62. The zero-order valence-corrected chi connectivity index (χ0v) is 18.6. The maximum Gasteiger partial charge on any atom is 0.248 e. The molecule has 0 bridgehead atoms. The number of amides is 2. The van der Waals surface area contributed by atoms with Crippen molar-refractivity contribution in [3.05, 3.63) is 35.0 Å². The molecule has 1 saturated carbocycles. The Balaban J connectivity index is 1.39. The fourth-order valence-corrected chi connectivity index (χ4v) is 4.74. The van der Waals surface area contributed by atoms with Gasteiger partial charge < -0.3 is 20.5 Å². The first-order valence-electron chi connectivity index (χ1n) is 9.93. The number of hydrogen-bond donors (Lipinski definition) is 2. The Morgan fingerprint density at radius 3 is 2.90 bits per heavy atom. The van der Waals surface area contributed by atoms with Crippen molar-refractivity contribution in [2.24, 2.45) is 5.41 Å². The van der Waals surface area contributed by atoms with Crippen molar-refractivity contribution in [2.45, 2.75) is 45.3 Å². The molecule has 3 atom stereocenters. The summed E-state index contributed by atoms with van der Waals surface area (Å²) in [6.45, 7) is 4.02. The Hall–Kier alpha value is -3.08. The van der Waals surface area contributed by atoms with Gasteiger partial charge in [0.05, 0.1) is 6.33 Å². The van der Waals surface area contributed by atoms with Crippen LogP contribution in [0, 0.1) is 12.3 Å². The van der Waals surface area contributed by atoms with E-state index >= 15 is 0 Å². The zero-order valence-electron chi connectivity index (χ0n) is 17.0. The number of rotatable bonds is 4. The summed E-state index contributed by atoms with van der Waals surface area (Å²) in [6.07, 6.45) is 4.40. The van der Waals surface area contributed by atoms with Gasteiger partial charge in [0.1, 0.15) is 34.9 Å². The number of pyridine rings is 1. The Bertz CT molecular complexity index is 1230. The van der Waals surface area contributed by atoms with Crippen molar-refractivity contribution < 1.29 is 9.59 Å². The fourth-order valence-electron chi connectivity index (χ4n) is 4.43. The number of halogens is 1. The quantitative estimate of drug-likeness (QED) is 0.540. The number of likely N-dealkylation sites (tertiary alicyclic amines) is 1. The van der Waals surface area contributed by atoms with Crippen LogP contribution >= 0.6 is 15.9 Å². The largest absolute Gasteiger partial charge is 0.382 e. The summed E-state index contributed by atoms with van der Waals surface area (Å²) in [5.74, 6) is 0.380. The van der Waals surface area contributed by atoms with E-state index in [2.05, 4.69) is 48.1 Å². The van der Waals surface area contributed by atoms with Crippen molar-refractivity contribution in [3.8, 4) is 0 Å². The van der Waals surface area contributed by atoms with E-state index in [0.29, 0.717) is 28.0 Å². The lowest BCUT2D eigenvalue weighted by Gasteiger charge is -2.27. The number of hydrogen-bond acceptors (Lipinski definition) is 7. The van der Waals surface area contributed by atoms with Gasteiger partial charge >= 0.3 is 0 Å². The van der Waals surface area contributed by atoms with Crippen LogP contribution in [-0.4, -0.2) is 53.3 Å². The molecule has 3 N–H and O–H groups in total. The topological polar surface area (TPSA) is 132 Å². The molecule has 2 fully saturated rings. The van der Waals surface area contributed by atoms with E-state index < -0.39 is 6.04 Å². The highest BCUT2D eigenvalue weighted by Crippen LogP contribution is 2.59. The molecule has 160 valence electrons. The number of nitrogens with two attached hydrogens (primary N) is 1. The molecule has 1 unspecified atom stereocenters. The number of piperidine rings is 1. The monoisotopic (exact) mass is 484 g/mol. The van der Waals surface area contributed by atoms with Gasteiger partial charge in [-0.2, -0.15) is 0 Å². The van der Waals surface area contributed by atoms with Crippen LogP contribution < -0.4 is 11.1 Å². The molecule has 31 heavy (non-hydrogen) atoms. The molecule has 0 aromatic carbocycles. The van der Waals surface area contributed by atoms with E-state index in [1.165, 1.54) is 12.7 Å². The fraction of sp³-hybridized carbons (Fsp3) is 0.400. The van der Waals surface area contributed by atoms with Crippen molar-refractivity contribution in [2.75, 3.05) is 11.1 Å². The SMILES string of the molecule is Cc1ccc(Br)nc1NC(=O)[C@@H]1C[C@@]2(C)CC2N1C(=O)Cn1cnc2c(N)ncnc21. The van der Waals surface area contributed by atoms with E-state index in [1.54, 1.807) is 9.47 Å². The van der Waals surface area contributed by atoms with E-state index in [9.17, 15) is 9.59 Å². The molecule has 4 heterocycles. The molecule has 5 rings (SSSR count). The van der Waals surface area contributed by atoms with Crippen LogP contribution in [0.25, 0.3) is 11.2 Å². The molecule has 11 heteroatoms. The number of carbonyl (C=O) groups excluding carboxylic acids is 2. The summed E-state index contributed by atoms with van der Waals surface area (Å²) < 4.78 is 2.28. The van der Waals surface area contributed by atoms with Crippen LogP contribution in [0.15, 0.2) is 29.4 Å². The van der Waals surface area contributed by atoms with Gasteiger partial charge in [0.15, 0.2) is 11.5 Å². The first-order chi connectivity index (χ1) is 14.8. The van der Waals surface area contributed by atoms with Gasteiger partial charge in [0, 0.05) is 6.04 Å². The number of aromatic nitrogens is 5. The van der Waals surface area contributed by atoms with Crippen molar-refractivity contribution >= 4 is 50.5 Å².